The van der Waals surface area contributed by atoms with Crippen molar-refractivity contribution >= 4 is 33.4 Å². The van der Waals surface area contributed by atoms with Crippen molar-refractivity contribution in [2.45, 2.75) is 38.8 Å². The van der Waals surface area contributed by atoms with Crippen molar-refractivity contribution in [1.29, 1.82) is 0 Å². The minimum atomic E-state index is -0.733. The Morgan fingerprint density at radius 2 is 2.10 bits per heavy atom. The van der Waals surface area contributed by atoms with Gasteiger partial charge in [-0.1, -0.05) is 19.4 Å². The van der Waals surface area contributed by atoms with Gasteiger partial charge in [0.15, 0.2) is 0 Å². The van der Waals surface area contributed by atoms with Crippen molar-refractivity contribution in [2.75, 3.05) is 4.90 Å². The molecule has 108 valence electrons. The van der Waals surface area contributed by atoms with E-state index in [1.807, 2.05) is 6.92 Å². The predicted molar refractivity (Wildman–Crippen MR) is 77.9 cm³/mol. The standard InChI is InChI=1S/C14H16BrFN2O2/c1-3-5-11-14(20)18(8(2)13(19)17-11)12-9(15)6-4-7-10(12)16/h4,6-8,11H,3,5H2,1-2H3,(H,17,19). The molecule has 1 aliphatic rings. The zero-order valence-electron chi connectivity index (χ0n) is 11.3. The van der Waals surface area contributed by atoms with Gasteiger partial charge in [-0.05, 0) is 41.4 Å². The molecular weight excluding hydrogens is 327 g/mol. The largest absolute Gasteiger partial charge is 0.342 e. The Morgan fingerprint density at radius 3 is 2.70 bits per heavy atom. The lowest BCUT2D eigenvalue weighted by Gasteiger charge is -2.37. The van der Waals surface area contributed by atoms with Crippen LogP contribution in [0.2, 0.25) is 0 Å². The number of nitrogens with zero attached hydrogens (tertiary/aromatic N) is 1. The first-order valence-corrected chi connectivity index (χ1v) is 7.34. The molecule has 2 rings (SSSR count). The number of benzene rings is 1. The van der Waals surface area contributed by atoms with Crippen LogP contribution in [0.3, 0.4) is 0 Å². The molecule has 0 spiro atoms. The maximum atomic E-state index is 14.1. The van der Waals surface area contributed by atoms with Crippen LogP contribution < -0.4 is 10.2 Å². The van der Waals surface area contributed by atoms with Crippen LogP contribution in [0.4, 0.5) is 10.1 Å². The number of nitrogens with one attached hydrogen (secondary N) is 1. The van der Waals surface area contributed by atoms with E-state index in [1.165, 1.54) is 11.0 Å². The maximum Gasteiger partial charge on any atom is 0.250 e. The van der Waals surface area contributed by atoms with Gasteiger partial charge in [0.05, 0.1) is 5.69 Å². The summed E-state index contributed by atoms with van der Waals surface area (Å²) >= 11 is 3.25. The number of halogens is 2. The summed E-state index contributed by atoms with van der Waals surface area (Å²) in [4.78, 5) is 25.7. The summed E-state index contributed by atoms with van der Waals surface area (Å²) in [5.74, 6) is -1.06. The molecule has 2 atom stereocenters. The number of amides is 2. The Labute approximate surface area is 125 Å². The fraction of sp³-hybridized carbons (Fsp3) is 0.429. The van der Waals surface area contributed by atoms with Gasteiger partial charge in [0.2, 0.25) is 11.8 Å². The number of hydrogen-bond acceptors (Lipinski definition) is 2. The lowest BCUT2D eigenvalue weighted by molar-refractivity contribution is -0.133. The van der Waals surface area contributed by atoms with Gasteiger partial charge in [-0.25, -0.2) is 4.39 Å². The predicted octanol–water partition coefficient (Wildman–Crippen LogP) is 2.61. The number of carbonyl (C=O) groups excluding carboxylic acids is 2. The molecular formula is C14H16BrFN2O2. The molecule has 1 aromatic carbocycles. The average molecular weight is 343 g/mol. The van der Waals surface area contributed by atoms with Crippen LogP contribution in [0, 0.1) is 5.82 Å². The molecule has 6 heteroatoms. The van der Waals surface area contributed by atoms with Crippen LogP contribution in [0.5, 0.6) is 0 Å². The number of para-hydroxylation sites is 1. The van der Waals surface area contributed by atoms with Crippen LogP contribution in [-0.2, 0) is 9.59 Å². The Balaban J connectivity index is 2.46. The SMILES string of the molecule is CCCC1NC(=O)C(C)N(c2c(F)cccc2Br)C1=O. The molecule has 1 saturated heterocycles. The number of rotatable bonds is 3. The number of anilines is 1. The van der Waals surface area contributed by atoms with Crippen molar-refractivity contribution < 1.29 is 14.0 Å². The minimum absolute atomic E-state index is 0.126. The van der Waals surface area contributed by atoms with Gasteiger partial charge in [-0.3, -0.25) is 14.5 Å². The normalized spacial score (nSPS) is 22.9. The lowest BCUT2D eigenvalue weighted by atomic mass is 10.0. The molecule has 0 saturated carbocycles. The Hall–Kier alpha value is -1.43. The molecule has 20 heavy (non-hydrogen) atoms. The van der Waals surface area contributed by atoms with Gasteiger partial charge < -0.3 is 5.32 Å². The topological polar surface area (TPSA) is 49.4 Å². The monoisotopic (exact) mass is 342 g/mol. The quantitative estimate of drug-likeness (QED) is 0.917. The number of piperazine rings is 1. The molecule has 1 aliphatic heterocycles. The lowest BCUT2D eigenvalue weighted by Crippen LogP contribution is -2.62. The summed E-state index contributed by atoms with van der Waals surface area (Å²) in [6.07, 6.45) is 1.30. The summed E-state index contributed by atoms with van der Waals surface area (Å²) in [5.41, 5.74) is 0.126. The van der Waals surface area contributed by atoms with E-state index in [0.717, 1.165) is 6.42 Å². The third-order valence-electron chi connectivity index (χ3n) is 3.37. The smallest absolute Gasteiger partial charge is 0.250 e. The summed E-state index contributed by atoms with van der Waals surface area (Å²) < 4.78 is 14.5. The van der Waals surface area contributed by atoms with Crippen molar-refractivity contribution in [3.8, 4) is 0 Å². The van der Waals surface area contributed by atoms with E-state index < -0.39 is 17.9 Å². The third kappa shape index (κ3) is 2.57. The van der Waals surface area contributed by atoms with Crippen molar-refractivity contribution in [3.63, 3.8) is 0 Å². The molecule has 2 unspecified atom stereocenters. The molecule has 0 radical (unpaired) electrons. The average Bonchev–Trinajstić information content (AvgIpc) is 2.39. The first kappa shape index (κ1) is 15.0. The van der Waals surface area contributed by atoms with Gasteiger partial charge in [-0.2, -0.15) is 0 Å². The molecule has 0 bridgehead atoms. The fourth-order valence-corrected chi connectivity index (χ4v) is 2.87. The first-order valence-electron chi connectivity index (χ1n) is 6.54. The third-order valence-corrected chi connectivity index (χ3v) is 4.01. The van der Waals surface area contributed by atoms with Gasteiger partial charge in [0.1, 0.15) is 17.9 Å². The second-order valence-electron chi connectivity index (χ2n) is 4.80. The van der Waals surface area contributed by atoms with Crippen LogP contribution >= 0.6 is 15.9 Å². The molecule has 4 nitrogen and oxygen atoms in total. The van der Waals surface area contributed by atoms with E-state index in [0.29, 0.717) is 10.9 Å². The number of carbonyl (C=O) groups is 2. The first-order chi connectivity index (χ1) is 9.47. The highest BCUT2D eigenvalue weighted by Gasteiger charge is 2.40. The van der Waals surface area contributed by atoms with Crippen LogP contribution in [-0.4, -0.2) is 23.9 Å². The molecule has 1 heterocycles. The van der Waals surface area contributed by atoms with Crippen molar-refractivity contribution in [3.05, 3.63) is 28.5 Å². The van der Waals surface area contributed by atoms with Gasteiger partial charge in [0.25, 0.3) is 0 Å². The highest BCUT2D eigenvalue weighted by atomic mass is 79.9. The molecule has 1 fully saturated rings. The summed E-state index contributed by atoms with van der Waals surface area (Å²) in [6, 6.07) is 3.16. The van der Waals surface area contributed by atoms with Crippen molar-refractivity contribution in [1.82, 2.24) is 5.32 Å². The van der Waals surface area contributed by atoms with Crippen LogP contribution in [0.1, 0.15) is 26.7 Å². The van der Waals surface area contributed by atoms with E-state index in [2.05, 4.69) is 21.2 Å². The summed E-state index contributed by atoms with van der Waals surface area (Å²) in [6.45, 7) is 3.52. The van der Waals surface area contributed by atoms with E-state index in [4.69, 9.17) is 0 Å². The van der Waals surface area contributed by atoms with Gasteiger partial charge >= 0.3 is 0 Å². The Bertz CT molecular complexity index is 530. The molecule has 1 N–H and O–H groups in total. The van der Waals surface area contributed by atoms with E-state index in [1.54, 1.807) is 19.1 Å². The zero-order valence-corrected chi connectivity index (χ0v) is 12.9. The second-order valence-corrected chi connectivity index (χ2v) is 5.66. The summed E-state index contributed by atoms with van der Waals surface area (Å²) in [5, 5.41) is 2.69. The summed E-state index contributed by atoms with van der Waals surface area (Å²) in [7, 11) is 0. The van der Waals surface area contributed by atoms with Gasteiger partial charge in [-0.15, -0.1) is 0 Å². The van der Waals surface area contributed by atoms with Gasteiger partial charge in [0, 0.05) is 4.47 Å². The number of hydrogen-bond donors (Lipinski definition) is 1. The van der Waals surface area contributed by atoms with Crippen LogP contribution in [0.25, 0.3) is 0 Å². The highest BCUT2D eigenvalue weighted by molar-refractivity contribution is 9.10. The Morgan fingerprint density at radius 1 is 1.40 bits per heavy atom. The highest BCUT2D eigenvalue weighted by Crippen LogP contribution is 2.32. The van der Waals surface area contributed by atoms with E-state index in [9.17, 15) is 14.0 Å². The molecule has 2 amide bonds. The van der Waals surface area contributed by atoms with E-state index >= 15 is 0 Å². The minimum Gasteiger partial charge on any atom is -0.342 e. The van der Waals surface area contributed by atoms with Crippen molar-refractivity contribution in [2.24, 2.45) is 0 Å². The molecule has 0 aromatic heterocycles. The zero-order chi connectivity index (χ0) is 14.9. The van der Waals surface area contributed by atoms with E-state index in [-0.39, 0.29) is 17.5 Å². The Kier molecular flexibility index (Phi) is 4.42. The molecule has 0 aliphatic carbocycles. The van der Waals surface area contributed by atoms with Crippen LogP contribution in [0.15, 0.2) is 22.7 Å². The maximum absolute atomic E-state index is 14.1. The second kappa shape index (κ2) is 5.91. The fourth-order valence-electron chi connectivity index (χ4n) is 2.34. The molecule has 1 aromatic rings.